The van der Waals surface area contributed by atoms with Crippen LogP contribution in [0, 0.1) is 5.82 Å². The molecule has 1 rings (SSSR count). The summed E-state index contributed by atoms with van der Waals surface area (Å²) in [5.41, 5.74) is 0.0587. The number of aliphatic hydroxyl groups is 1. The van der Waals surface area contributed by atoms with Crippen molar-refractivity contribution in [2.24, 2.45) is 0 Å². The topological polar surface area (TPSA) is 116 Å². The molecule has 0 saturated carbocycles. The Kier molecular flexibility index (Phi) is 5.60. The van der Waals surface area contributed by atoms with E-state index >= 15 is 0 Å². The molecule has 0 bridgehead atoms. The van der Waals surface area contributed by atoms with Crippen LogP contribution in [0.15, 0.2) is 24.3 Å². The summed E-state index contributed by atoms with van der Waals surface area (Å²) in [5.74, 6) is -3.35. The zero-order valence-corrected chi connectivity index (χ0v) is 10.3. The number of halogens is 1. The predicted octanol–water partition coefficient (Wildman–Crippen LogP) is -0.883. The van der Waals surface area contributed by atoms with E-state index < -0.39 is 42.8 Å². The second-order valence-corrected chi connectivity index (χ2v) is 3.85. The van der Waals surface area contributed by atoms with Crippen molar-refractivity contribution in [1.82, 2.24) is 10.6 Å². The number of carbonyl (C=O) groups excluding carboxylic acids is 2. The number of carboxylic acid groups (broad SMARTS) is 1. The number of carbonyl (C=O) groups is 3. The van der Waals surface area contributed by atoms with E-state index in [0.29, 0.717) is 0 Å². The number of amides is 2. The number of nitrogens with one attached hydrogen (secondary N) is 2. The van der Waals surface area contributed by atoms with E-state index in [1.165, 1.54) is 18.2 Å². The highest BCUT2D eigenvalue weighted by Crippen LogP contribution is 2.02. The summed E-state index contributed by atoms with van der Waals surface area (Å²) >= 11 is 0. The highest BCUT2D eigenvalue weighted by Gasteiger charge is 2.14. The van der Waals surface area contributed by atoms with Gasteiger partial charge in [-0.2, -0.15) is 0 Å². The SMILES string of the molecule is O=C(CNC(=O)c1cccc(F)c1)NCC(O)C(=O)O. The zero-order chi connectivity index (χ0) is 15.1. The second kappa shape index (κ2) is 7.19. The van der Waals surface area contributed by atoms with E-state index in [1.807, 2.05) is 0 Å². The molecule has 0 radical (unpaired) electrons. The average molecular weight is 284 g/mol. The summed E-state index contributed by atoms with van der Waals surface area (Å²) in [4.78, 5) is 33.1. The molecule has 1 unspecified atom stereocenters. The fourth-order valence-electron chi connectivity index (χ4n) is 1.25. The molecular formula is C12H13FN2O5. The summed E-state index contributed by atoms with van der Waals surface area (Å²) in [7, 11) is 0. The minimum atomic E-state index is -1.71. The quantitative estimate of drug-likeness (QED) is 0.541. The van der Waals surface area contributed by atoms with Gasteiger partial charge in [-0.15, -0.1) is 0 Å². The standard InChI is InChI=1S/C12H13FN2O5/c13-8-3-1-2-7(4-8)11(18)15-6-10(17)14-5-9(16)12(19)20/h1-4,9,16H,5-6H2,(H,14,17)(H,15,18)(H,19,20). The lowest BCUT2D eigenvalue weighted by molar-refractivity contribution is -0.146. The lowest BCUT2D eigenvalue weighted by Gasteiger charge is -2.08. The first-order valence-corrected chi connectivity index (χ1v) is 5.61. The monoisotopic (exact) mass is 284 g/mol. The van der Waals surface area contributed by atoms with Crippen LogP contribution < -0.4 is 10.6 Å². The van der Waals surface area contributed by atoms with E-state index in [1.54, 1.807) is 0 Å². The number of hydrogen-bond acceptors (Lipinski definition) is 4. The maximum atomic E-state index is 12.9. The van der Waals surface area contributed by atoms with Crippen LogP contribution in [0.3, 0.4) is 0 Å². The van der Waals surface area contributed by atoms with Crippen molar-refractivity contribution < 1.29 is 29.0 Å². The van der Waals surface area contributed by atoms with Gasteiger partial charge in [0.2, 0.25) is 5.91 Å². The molecule has 0 aliphatic rings. The first-order valence-electron chi connectivity index (χ1n) is 5.61. The van der Waals surface area contributed by atoms with Gasteiger partial charge in [0, 0.05) is 5.56 Å². The lowest BCUT2D eigenvalue weighted by Crippen LogP contribution is -2.41. The molecule has 2 amide bonds. The van der Waals surface area contributed by atoms with Crippen molar-refractivity contribution in [3.8, 4) is 0 Å². The number of aliphatic carboxylic acids is 1. The normalized spacial score (nSPS) is 11.5. The van der Waals surface area contributed by atoms with Crippen LogP contribution in [0.1, 0.15) is 10.4 Å². The van der Waals surface area contributed by atoms with Gasteiger partial charge in [-0.25, -0.2) is 9.18 Å². The van der Waals surface area contributed by atoms with Crippen LogP contribution in [0.4, 0.5) is 4.39 Å². The fourth-order valence-corrected chi connectivity index (χ4v) is 1.25. The van der Waals surface area contributed by atoms with E-state index in [4.69, 9.17) is 10.2 Å². The Hall–Kier alpha value is -2.48. The number of aliphatic hydroxyl groups excluding tert-OH is 1. The van der Waals surface area contributed by atoms with Gasteiger partial charge in [0.25, 0.3) is 5.91 Å². The van der Waals surface area contributed by atoms with Crippen LogP contribution in [0.25, 0.3) is 0 Å². The highest BCUT2D eigenvalue weighted by molar-refractivity contribution is 5.96. The smallest absolute Gasteiger partial charge is 0.334 e. The highest BCUT2D eigenvalue weighted by atomic mass is 19.1. The van der Waals surface area contributed by atoms with Crippen LogP contribution in [0.5, 0.6) is 0 Å². The molecule has 1 atom stereocenters. The minimum Gasteiger partial charge on any atom is -0.479 e. The average Bonchev–Trinajstić information content (AvgIpc) is 2.41. The Balaban J connectivity index is 2.37. The van der Waals surface area contributed by atoms with Gasteiger partial charge in [0.05, 0.1) is 13.1 Å². The Morgan fingerprint density at radius 1 is 1.25 bits per heavy atom. The molecule has 0 aliphatic carbocycles. The van der Waals surface area contributed by atoms with Crippen molar-refractivity contribution in [3.63, 3.8) is 0 Å². The van der Waals surface area contributed by atoms with Crippen molar-refractivity contribution in [1.29, 1.82) is 0 Å². The van der Waals surface area contributed by atoms with E-state index in [2.05, 4.69) is 10.6 Å². The number of benzene rings is 1. The Bertz CT molecular complexity index is 520. The Morgan fingerprint density at radius 2 is 1.95 bits per heavy atom. The summed E-state index contributed by atoms with van der Waals surface area (Å²) in [6.07, 6.45) is -1.71. The van der Waals surface area contributed by atoms with Crippen LogP contribution in [-0.2, 0) is 9.59 Å². The number of rotatable bonds is 6. The van der Waals surface area contributed by atoms with Crippen LogP contribution in [-0.4, -0.2) is 47.2 Å². The number of hydrogen-bond donors (Lipinski definition) is 4. The molecular weight excluding hydrogens is 271 g/mol. The molecule has 0 aromatic heterocycles. The van der Waals surface area contributed by atoms with Gasteiger partial charge in [-0.1, -0.05) is 6.07 Å². The van der Waals surface area contributed by atoms with Crippen LogP contribution in [0.2, 0.25) is 0 Å². The van der Waals surface area contributed by atoms with Crippen molar-refractivity contribution in [3.05, 3.63) is 35.6 Å². The van der Waals surface area contributed by atoms with E-state index in [-0.39, 0.29) is 5.56 Å². The Labute approximate surface area is 113 Å². The molecule has 4 N–H and O–H groups in total. The lowest BCUT2D eigenvalue weighted by atomic mass is 10.2. The molecule has 1 aromatic carbocycles. The first-order chi connectivity index (χ1) is 9.40. The molecule has 0 heterocycles. The van der Waals surface area contributed by atoms with Gasteiger partial charge in [0.15, 0.2) is 6.10 Å². The minimum absolute atomic E-state index is 0.0587. The molecule has 0 saturated heterocycles. The van der Waals surface area contributed by atoms with Gasteiger partial charge in [-0.3, -0.25) is 9.59 Å². The summed E-state index contributed by atoms with van der Waals surface area (Å²) < 4.78 is 12.9. The fraction of sp³-hybridized carbons (Fsp3) is 0.250. The maximum absolute atomic E-state index is 12.9. The molecule has 0 spiro atoms. The molecule has 0 aliphatic heterocycles. The third-order valence-electron chi connectivity index (χ3n) is 2.27. The third-order valence-corrected chi connectivity index (χ3v) is 2.27. The summed E-state index contributed by atoms with van der Waals surface area (Å²) in [6.45, 7) is -0.883. The van der Waals surface area contributed by atoms with Gasteiger partial charge < -0.3 is 20.8 Å². The van der Waals surface area contributed by atoms with Crippen molar-refractivity contribution in [2.75, 3.05) is 13.1 Å². The molecule has 108 valence electrons. The van der Waals surface area contributed by atoms with E-state index in [0.717, 1.165) is 6.07 Å². The predicted molar refractivity (Wildman–Crippen MR) is 65.4 cm³/mol. The van der Waals surface area contributed by atoms with Crippen molar-refractivity contribution >= 4 is 17.8 Å². The van der Waals surface area contributed by atoms with Gasteiger partial charge in [0.1, 0.15) is 5.82 Å². The van der Waals surface area contributed by atoms with Gasteiger partial charge in [-0.05, 0) is 18.2 Å². The zero-order valence-electron chi connectivity index (χ0n) is 10.3. The molecule has 20 heavy (non-hydrogen) atoms. The number of carboxylic acids is 1. The third kappa shape index (κ3) is 5.02. The van der Waals surface area contributed by atoms with Crippen LogP contribution >= 0.6 is 0 Å². The molecule has 8 heteroatoms. The van der Waals surface area contributed by atoms with Crippen molar-refractivity contribution in [2.45, 2.75) is 6.10 Å². The second-order valence-electron chi connectivity index (χ2n) is 3.85. The summed E-state index contributed by atoms with van der Waals surface area (Å²) in [6, 6.07) is 4.93. The Morgan fingerprint density at radius 3 is 2.55 bits per heavy atom. The maximum Gasteiger partial charge on any atom is 0.334 e. The molecule has 0 fully saturated rings. The van der Waals surface area contributed by atoms with E-state index in [9.17, 15) is 18.8 Å². The largest absolute Gasteiger partial charge is 0.479 e. The van der Waals surface area contributed by atoms with Gasteiger partial charge >= 0.3 is 5.97 Å². The summed E-state index contributed by atoms with van der Waals surface area (Å²) in [5, 5.41) is 21.7. The first kappa shape index (κ1) is 15.6. The molecule has 7 nitrogen and oxygen atoms in total. The molecule has 1 aromatic rings.